The van der Waals surface area contributed by atoms with Crippen molar-refractivity contribution in [2.75, 3.05) is 0 Å². The number of aromatic hydroxyl groups is 1. The van der Waals surface area contributed by atoms with Gasteiger partial charge in [-0.15, -0.1) is 11.3 Å². The molecule has 32 heavy (non-hydrogen) atoms. The van der Waals surface area contributed by atoms with Crippen LogP contribution >= 0.6 is 11.3 Å². The van der Waals surface area contributed by atoms with Gasteiger partial charge < -0.3 is 10.2 Å². The van der Waals surface area contributed by atoms with E-state index in [2.05, 4.69) is 0 Å². The number of aryl methyl sites for hydroxylation is 3. The highest BCUT2D eigenvalue weighted by atomic mass is 32.1. The van der Waals surface area contributed by atoms with Gasteiger partial charge in [0.15, 0.2) is 0 Å². The van der Waals surface area contributed by atoms with Crippen molar-refractivity contribution < 1.29 is 19.8 Å². The lowest BCUT2D eigenvalue weighted by molar-refractivity contribution is -0.131. The van der Waals surface area contributed by atoms with Crippen molar-refractivity contribution in [1.29, 1.82) is 0 Å². The summed E-state index contributed by atoms with van der Waals surface area (Å²) in [7, 11) is 0. The fourth-order valence-corrected chi connectivity index (χ4v) is 5.32. The Morgan fingerprint density at radius 1 is 0.906 bits per heavy atom. The van der Waals surface area contributed by atoms with Crippen molar-refractivity contribution in [2.24, 2.45) is 0 Å². The SMILES string of the molecule is Cc1cc(C)c(C(=O)c2sc3cc(O)ccc3c2-c2ccc(/C=C/C(=O)O)cc2)c(C)c1. The predicted molar refractivity (Wildman–Crippen MR) is 130 cm³/mol. The molecule has 0 aliphatic rings. The maximum Gasteiger partial charge on any atom is 0.328 e. The first-order valence-electron chi connectivity index (χ1n) is 10.1. The van der Waals surface area contributed by atoms with Crippen molar-refractivity contribution in [3.63, 3.8) is 0 Å². The molecule has 160 valence electrons. The number of carbonyl (C=O) groups excluding carboxylic acids is 1. The first-order chi connectivity index (χ1) is 15.2. The summed E-state index contributed by atoms with van der Waals surface area (Å²) in [6.07, 6.45) is 2.62. The normalized spacial score (nSPS) is 11.3. The van der Waals surface area contributed by atoms with Crippen molar-refractivity contribution in [3.8, 4) is 16.9 Å². The Kier molecular flexibility index (Phi) is 5.68. The second-order valence-electron chi connectivity index (χ2n) is 7.88. The van der Waals surface area contributed by atoms with Crippen LogP contribution in [0.1, 0.15) is 37.5 Å². The summed E-state index contributed by atoms with van der Waals surface area (Å²) in [5, 5.41) is 19.7. The number of carboxylic acid groups (broad SMARTS) is 1. The monoisotopic (exact) mass is 442 g/mol. The average molecular weight is 443 g/mol. The molecule has 0 saturated heterocycles. The molecule has 0 fully saturated rings. The quantitative estimate of drug-likeness (QED) is 0.272. The van der Waals surface area contributed by atoms with Crippen molar-refractivity contribution in [3.05, 3.63) is 93.4 Å². The number of phenols is 1. The Hall–Kier alpha value is -3.70. The van der Waals surface area contributed by atoms with E-state index in [0.717, 1.165) is 49.5 Å². The van der Waals surface area contributed by atoms with Crippen molar-refractivity contribution in [2.45, 2.75) is 20.8 Å². The maximum absolute atomic E-state index is 13.8. The molecular weight excluding hydrogens is 420 g/mol. The lowest BCUT2D eigenvalue weighted by Crippen LogP contribution is -2.06. The molecule has 0 bridgehead atoms. The topological polar surface area (TPSA) is 74.6 Å². The number of fused-ring (bicyclic) bond motifs is 1. The van der Waals surface area contributed by atoms with E-state index in [9.17, 15) is 14.7 Å². The molecule has 1 aromatic heterocycles. The number of rotatable bonds is 5. The second kappa shape index (κ2) is 8.44. The zero-order valence-electron chi connectivity index (χ0n) is 18.0. The first-order valence-corrected chi connectivity index (χ1v) is 11.0. The van der Waals surface area contributed by atoms with Crippen LogP contribution in [0.25, 0.3) is 27.3 Å². The predicted octanol–water partition coefficient (Wildman–Crippen LogP) is 6.53. The Morgan fingerprint density at radius 2 is 1.56 bits per heavy atom. The summed E-state index contributed by atoms with van der Waals surface area (Å²) in [4.78, 5) is 25.2. The molecular formula is C27H22O4S. The molecule has 0 spiro atoms. The molecule has 3 aromatic carbocycles. The summed E-state index contributed by atoms with van der Waals surface area (Å²) in [5.74, 6) is -0.888. The smallest absolute Gasteiger partial charge is 0.328 e. The highest BCUT2D eigenvalue weighted by Crippen LogP contribution is 2.42. The zero-order chi connectivity index (χ0) is 23.0. The molecule has 4 nitrogen and oxygen atoms in total. The van der Waals surface area contributed by atoms with Gasteiger partial charge in [0.2, 0.25) is 5.78 Å². The number of carboxylic acids is 1. The highest BCUT2D eigenvalue weighted by Gasteiger charge is 2.23. The molecule has 0 atom stereocenters. The molecule has 0 amide bonds. The summed E-state index contributed by atoms with van der Waals surface area (Å²) in [6, 6.07) is 16.6. The Morgan fingerprint density at radius 3 is 2.19 bits per heavy atom. The number of hydrogen-bond donors (Lipinski definition) is 2. The molecule has 5 heteroatoms. The van der Waals surface area contributed by atoms with Gasteiger partial charge in [-0.1, -0.05) is 42.0 Å². The van der Waals surface area contributed by atoms with Gasteiger partial charge >= 0.3 is 5.97 Å². The van der Waals surface area contributed by atoms with Crippen LogP contribution in [-0.2, 0) is 4.79 Å². The van der Waals surface area contributed by atoms with E-state index < -0.39 is 5.97 Å². The van der Waals surface area contributed by atoms with E-state index in [0.29, 0.717) is 10.4 Å². The third-order valence-electron chi connectivity index (χ3n) is 5.40. The minimum Gasteiger partial charge on any atom is -0.508 e. The van der Waals surface area contributed by atoms with Crippen molar-refractivity contribution >= 4 is 39.3 Å². The number of hydrogen-bond acceptors (Lipinski definition) is 4. The second-order valence-corrected chi connectivity index (χ2v) is 8.94. The molecule has 4 aromatic rings. The fraction of sp³-hybridized carbons (Fsp3) is 0.111. The summed E-state index contributed by atoms with van der Waals surface area (Å²) in [6.45, 7) is 5.92. The molecule has 0 radical (unpaired) electrons. The van der Waals surface area contributed by atoms with E-state index in [1.807, 2.05) is 63.2 Å². The van der Waals surface area contributed by atoms with E-state index in [4.69, 9.17) is 5.11 Å². The van der Waals surface area contributed by atoms with E-state index in [1.165, 1.54) is 17.4 Å². The van der Waals surface area contributed by atoms with Crippen LogP contribution in [0, 0.1) is 20.8 Å². The number of phenolic OH excluding ortho intramolecular Hbond substituents is 1. The lowest BCUT2D eigenvalue weighted by Gasteiger charge is -2.11. The highest BCUT2D eigenvalue weighted by molar-refractivity contribution is 7.21. The summed E-state index contributed by atoms with van der Waals surface area (Å²) >= 11 is 1.37. The minimum absolute atomic E-state index is 0.0365. The van der Waals surface area contributed by atoms with Gasteiger partial charge in [0.1, 0.15) is 5.75 Å². The molecule has 0 aliphatic carbocycles. The first kappa shape index (κ1) is 21.5. The average Bonchev–Trinajstić information content (AvgIpc) is 3.10. The van der Waals surface area contributed by atoms with E-state index in [-0.39, 0.29) is 11.5 Å². The van der Waals surface area contributed by atoms with Crippen LogP contribution in [0.3, 0.4) is 0 Å². The van der Waals surface area contributed by atoms with E-state index >= 15 is 0 Å². The van der Waals surface area contributed by atoms with Gasteiger partial charge in [0, 0.05) is 27.3 Å². The number of ketones is 1. The molecule has 0 aliphatic heterocycles. The fourth-order valence-electron chi connectivity index (χ4n) is 4.11. The molecule has 4 rings (SSSR count). The number of carbonyl (C=O) groups is 2. The van der Waals surface area contributed by atoms with Crippen LogP contribution < -0.4 is 0 Å². The van der Waals surface area contributed by atoms with Gasteiger partial charge in [-0.25, -0.2) is 4.79 Å². The van der Waals surface area contributed by atoms with E-state index in [1.54, 1.807) is 12.1 Å². The molecule has 2 N–H and O–H groups in total. The van der Waals surface area contributed by atoms with Crippen LogP contribution in [0.4, 0.5) is 0 Å². The Balaban J connectivity index is 1.90. The molecule has 1 heterocycles. The number of aliphatic carboxylic acids is 1. The molecule has 0 saturated carbocycles. The number of benzene rings is 3. The van der Waals surface area contributed by atoms with Gasteiger partial charge in [0.25, 0.3) is 0 Å². The lowest BCUT2D eigenvalue weighted by atomic mass is 9.92. The zero-order valence-corrected chi connectivity index (χ0v) is 18.8. The Bertz CT molecular complexity index is 1370. The van der Waals surface area contributed by atoms with Gasteiger partial charge in [-0.05, 0) is 67.3 Å². The Labute approximate surface area is 190 Å². The van der Waals surface area contributed by atoms with Crippen LogP contribution in [-0.4, -0.2) is 22.0 Å². The maximum atomic E-state index is 13.8. The largest absolute Gasteiger partial charge is 0.508 e. The third-order valence-corrected chi connectivity index (χ3v) is 6.55. The standard InChI is InChI=1S/C27H22O4S/c1-15-12-16(2)24(17(3)13-15)26(31)27-25(21-10-9-20(28)14-22(21)32-27)19-7-4-18(5-8-19)6-11-23(29)30/h4-14,28H,1-3H3,(H,29,30)/b11-6+. The minimum atomic E-state index is -1.01. The van der Waals surface area contributed by atoms with Gasteiger partial charge in [-0.3, -0.25) is 4.79 Å². The van der Waals surface area contributed by atoms with Gasteiger partial charge in [0.05, 0.1) is 4.88 Å². The third kappa shape index (κ3) is 4.07. The van der Waals surface area contributed by atoms with Crippen molar-refractivity contribution in [1.82, 2.24) is 0 Å². The van der Waals surface area contributed by atoms with Gasteiger partial charge in [-0.2, -0.15) is 0 Å². The summed E-state index contributed by atoms with van der Waals surface area (Å²) in [5.41, 5.74) is 6.13. The summed E-state index contributed by atoms with van der Waals surface area (Å²) < 4.78 is 0.834. The van der Waals surface area contributed by atoms with Crippen LogP contribution in [0.5, 0.6) is 5.75 Å². The van der Waals surface area contributed by atoms with Crippen LogP contribution in [0.15, 0.2) is 60.7 Å². The van der Waals surface area contributed by atoms with Crippen LogP contribution in [0.2, 0.25) is 0 Å². The molecule has 0 unspecified atom stereocenters. The number of thiophene rings is 1.